The molecule has 25 heteroatoms. The predicted molar refractivity (Wildman–Crippen MR) is 239 cm³/mol. The van der Waals surface area contributed by atoms with Crippen LogP contribution in [0.25, 0.3) is 0 Å². The zero-order valence-electron chi connectivity index (χ0n) is 35.8. The number of unbranched alkanes of at least 4 members (excludes halogenated alkanes) is 6. The van der Waals surface area contributed by atoms with E-state index in [1.807, 2.05) is 6.92 Å². The van der Waals surface area contributed by atoms with E-state index in [0.29, 0.717) is 38.1 Å². The summed E-state index contributed by atoms with van der Waals surface area (Å²) in [5.74, 6) is 0.439. The highest BCUT2D eigenvalue weighted by Crippen LogP contribution is 2.50. The molecular formula is C34H76Cl2N6O14P2S. The third-order valence-corrected chi connectivity index (χ3v) is 9.06. The molecule has 0 saturated carbocycles. The van der Waals surface area contributed by atoms with Crippen molar-refractivity contribution in [2.75, 3.05) is 77.0 Å². The van der Waals surface area contributed by atoms with E-state index in [2.05, 4.69) is 33.2 Å². The number of nitrogens with one attached hydrogen (secondary N) is 2. The Hall–Kier alpha value is -1.45. The van der Waals surface area contributed by atoms with Gasteiger partial charge in [-0.3, -0.25) is 47.8 Å². The topological polar surface area (TPSA) is 283 Å². The van der Waals surface area contributed by atoms with Gasteiger partial charge in [0.2, 0.25) is 5.96 Å². The van der Waals surface area contributed by atoms with Crippen LogP contribution in [0.3, 0.4) is 0 Å². The van der Waals surface area contributed by atoms with Crippen LogP contribution in [0.1, 0.15) is 109 Å². The minimum atomic E-state index is -3.67. The SMILES string of the molecule is CCCOP(=O)(OCCO)OCCCCCCN=C(NC(=O)OC(C)(C)C)NC(=O)OC(C)(C)C.ClCCl.NC(N)=NCCCCCCOP(=O)(OCCO)OCCS.[HH].[HH]. The van der Waals surface area contributed by atoms with Crippen molar-refractivity contribution >= 4 is 75.6 Å². The van der Waals surface area contributed by atoms with Crippen molar-refractivity contribution in [3.05, 3.63) is 0 Å². The van der Waals surface area contributed by atoms with Crippen LogP contribution in [0.4, 0.5) is 9.59 Å². The maximum absolute atomic E-state index is 12.4. The maximum atomic E-state index is 12.4. The number of carbonyl (C=O) groups is 2. The molecule has 0 aliphatic heterocycles. The lowest BCUT2D eigenvalue weighted by Gasteiger charge is -2.22. The summed E-state index contributed by atoms with van der Waals surface area (Å²) < 4.78 is 65.5. The number of nitrogens with zero attached hydrogens (tertiary/aromatic N) is 2. The van der Waals surface area contributed by atoms with E-state index in [1.54, 1.807) is 41.5 Å². The molecule has 0 aromatic heterocycles. The van der Waals surface area contributed by atoms with E-state index in [9.17, 15) is 18.7 Å². The number of halogens is 2. The number of guanidine groups is 2. The third-order valence-electron chi connectivity index (χ3n) is 5.88. The Morgan fingerprint density at radius 2 is 1.00 bits per heavy atom. The smallest absolute Gasteiger partial charge is 0.444 e. The summed E-state index contributed by atoms with van der Waals surface area (Å²) in [6.07, 6.45) is 5.42. The Kier molecular flexibility index (Phi) is 40.1. The van der Waals surface area contributed by atoms with Crippen LogP contribution >= 0.6 is 51.5 Å². The van der Waals surface area contributed by atoms with E-state index < -0.39 is 39.0 Å². The van der Waals surface area contributed by atoms with Crippen molar-refractivity contribution in [3.63, 3.8) is 0 Å². The Morgan fingerprint density at radius 3 is 1.36 bits per heavy atom. The number of nitrogens with two attached hydrogens (primary N) is 2. The number of aliphatic imine (C=N–C) groups is 2. The molecule has 0 fully saturated rings. The lowest BCUT2D eigenvalue weighted by Crippen LogP contribution is -2.47. The number of carbonyl (C=O) groups excluding carboxylic acids is 2. The Labute approximate surface area is 369 Å². The number of hydrogen-bond acceptors (Lipinski definition) is 17. The van der Waals surface area contributed by atoms with Crippen molar-refractivity contribution in [2.45, 2.75) is 117 Å². The summed E-state index contributed by atoms with van der Waals surface area (Å²) in [5.41, 5.74) is 9.00. The highest BCUT2D eigenvalue weighted by molar-refractivity contribution is 7.80. The van der Waals surface area contributed by atoms with Crippen LogP contribution in [0, 0.1) is 0 Å². The molecule has 20 nitrogen and oxygen atoms in total. The van der Waals surface area contributed by atoms with Gasteiger partial charge >= 0.3 is 27.8 Å². The average Bonchev–Trinajstić information content (AvgIpc) is 3.12. The quantitative estimate of drug-likeness (QED) is 0.0101. The van der Waals surface area contributed by atoms with Crippen molar-refractivity contribution in [2.24, 2.45) is 21.5 Å². The summed E-state index contributed by atoms with van der Waals surface area (Å²) >= 11 is 13.5. The van der Waals surface area contributed by atoms with Gasteiger partial charge < -0.3 is 31.2 Å². The minimum absolute atomic E-state index is 0. The van der Waals surface area contributed by atoms with E-state index in [4.69, 9.17) is 81.5 Å². The third kappa shape index (κ3) is 45.9. The Balaban J connectivity index is -0.000000344. The van der Waals surface area contributed by atoms with Gasteiger partial charge in [0.05, 0.1) is 58.2 Å². The summed E-state index contributed by atoms with van der Waals surface area (Å²) in [5, 5.41) is 22.6. The van der Waals surface area contributed by atoms with E-state index in [0.717, 1.165) is 38.5 Å². The van der Waals surface area contributed by atoms with Crippen LogP contribution in [-0.2, 0) is 45.7 Å². The van der Waals surface area contributed by atoms with Crippen LogP contribution in [0.15, 0.2) is 9.98 Å². The molecule has 0 aliphatic carbocycles. The van der Waals surface area contributed by atoms with Crippen molar-refractivity contribution in [1.82, 2.24) is 10.6 Å². The number of hydrogen-bond donors (Lipinski definition) is 7. The molecule has 0 radical (unpaired) electrons. The number of alkyl carbamates (subject to hydrolysis) is 2. The monoisotopic (exact) mass is 956 g/mol. The van der Waals surface area contributed by atoms with E-state index in [1.165, 1.54) is 0 Å². The molecule has 0 saturated heterocycles. The fourth-order valence-corrected chi connectivity index (χ4v) is 6.40. The maximum Gasteiger partial charge on any atom is 0.474 e. The molecule has 0 spiro atoms. The van der Waals surface area contributed by atoms with Crippen molar-refractivity contribution in [3.8, 4) is 0 Å². The number of ether oxygens (including phenoxy) is 2. The number of rotatable bonds is 28. The first-order valence-electron chi connectivity index (χ1n) is 19.3. The van der Waals surface area contributed by atoms with Crippen molar-refractivity contribution < 1.29 is 68.4 Å². The summed E-state index contributed by atoms with van der Waals surface area (Å²) in [6, 6.07) is 0. The Bertz CT molecular complexity index is 1190. The van der Waals surface area contributed by atoms with Gasteiger partial charge in [-0.1, -0.05) is 32.6 Å². The van der Waals surface area contributed by atoms with Crippen LogP contribution < -0.4 is 22.1 Å². The Morgan fingerprint density at radius 1 is 0.644 bits per heavy atom. The highest BCUT2D eigenvalue weighted by Gasteiger charge is 2.27. The van der Waals surface area contributed by atoms with Crippen LogP contribution in [0.2, 0.25) is 0 Å². The van der Waals surface area contributed by atoms with Gasteiger partial charge in [-0.15, -0.1) is 23.2 Å². The molecule has 2 amide bonds. The van der Waals surface area contributed by atoms with Crippen LogP contribution in [0.5, 0.6) is 0 Å². The molecule has 0 aliphatic rings. The number of aliphatic hydroxyl groups is 2. The van der Waals surface area contributed by atoms with Gasteiger partial charge in [0.1, 0.15) is 11.2 Å². The number of phosphoric ester groups is 2. The molecule has 0 aromatic carbocycles. The van der Waals surface area contributed by atoms with E-state index in [-0.39, 0.29) is 73.0 Å². The second kappa shape index (κ2) is 38.2. The standard InChI is InChI=1S/C22H44N3O9P.C11H26N3O5PS.CH2Cl2.2H2/c1-8-15-30-35(29,32-17-14-26)31-16-12-10-9-11-13-23-18(24-19(27)33-21(2,3)4)25-20(28)34-22(5,6)7;12-11(13)14-5-3-1-2-4-7-17-20(16,18-8-6-15)19-9-10-21;2-1-3;;/h26H,8-17H2,1-7H3,(H2,23,24,25,27,28);15,21H,1-10H2,(H4,12,13,14);1H2;2*1H. The first kappa shape index (κ1) is 61.8. The molecule has 0 rings (SSSR count). The summed E-state index contributed by atoms with van der Waals surface area (Å²) in [6.45, 7) is 13.2. The average molecular weight is 958 g/mol. The largest absolute Gasteiger partial charge is 0.474 e. The van der Waals surface area contributed by atoms with E-state index >= 15 is 0 Å². The lowest BCUT2D eigenvalue weighted by atomic mass is 10.2. The van der Waals surface area contributed by atoms with Gasteiger partial charge in [-0.25, -0.2) is 18.7 Å². The van der Waals surface area contributed by atoms with Gasteiger partial charge in [-0.05, 0) is 73.6 Å². The molecular weight excluding hydrogens is 881 g/mol. The molecule has 0 aromatic rings. The second-order valence-electron chi connectivity index (χ2n) is 13.8. The molecule has 8 N–H and O–H groups in total. The highest BCUT2D eigenvalue weighted by atomic mass is 35.5. The molecule has 0 bridgehead atoms. The van der Waals surface area contributed by atoms with Crippen molar-refractivity contribution in [1.29, 1.82) is 0 Å². The zero-order valence-corrected chi connectivity index (χ0v) is 40.0. The zero-order chi connectivity index (χ0) is 45.6. The number of phosphoric acid groups is 2. The molecule has 0 heterocycles. The van der Waals surface area contributed by atoms with Gasteiger partial charge in [0.15, 0.2) is 5.96 Å². The fourth-order valence-electron chi connectivity index (χ4n) is 3.68. The van der Waals surface area contributed by atoms with Gasteiger partial charge in [-0.2, -0.15) is 12.6 Å². The fraction of sp³-hybridized carbons (Fsp3) is 0.882. The predicted octanol–water partition coefficient (Wildman–Crippen LogP) is 7.33. The van der Waals surface area contributed by atoms with Crippen LogP contribution in [-0.4, -0.2) is 123 Å². The van der Waals surface area contributed by atoms with Gasteiger partial charge in [0.25, 0.3) is 0 Å². The molecule has 2 unspecified atom stereocenters. The summed E-state index contributed by atoms with van der Waals surface area (Å²) in [4.78, 5) is 32.3. The molecule has 2 atom stereocenters. The number of aliphatic hydroxyl groups excluding tert-OH is 2. The number of amides is 2. The lowest BCUT2D eigenvalue weighted by molar-refractivity contribution is 0.0544. The van der Waals surface area contributed by atoms with Gasteiger partial charge in [0, 0.05) is 21.7 Å². The summed E-state index contributed by atoms with van der Waals surface area (Å²) in [7, 11) is -7.26. The first-order chi connectivity index (χ1) is 27.6. The second-order valence-corrected chi connectivity index (χ2v) is 18.4. The molecule has 356 valence electrons. The normalized spacial score (nSPS) is 13.2. The first-order valence-corrected chi connectivity index (χ1v) is 23.9. The molecule has 59 heavy (non-hydrogen) atoms. The number of alkyl halides is 2. The number of thiol groups is 1. The minimum Gasteiger partial charge on any atom is -0.444 e.